The first kappa shape index (κ1) is 12.7. The molecule has 0 radical (unpaired) electrons. The summed E-state index contributed by atoms with van der Waals surface area (Å²) in [7, 11) is 0. The standard InChI is InChI=1S/C17H17NO3/c1-17(2)16(20)15(19)13-12(21-17)8-7-10-9-5-3-4-6-11(9)18-14(10)13/h3-8,15-16,18-20H,1-2H3/t15-,16-/m0/s1. The monoisotopic (exact) mass is 283 g/mol. The summed E-state index contributed by atoms with van der Waals surface area (Å²) < 4.78 is 5.88. The number of nitrogens with one attached hydrogen (secondary N) is 1. The van der Waals surface area contributed by atoms with E-state index in [0.29, 0.717) is 11.3 Å². The maximum absolute atomic E-state index is 10.5. The van der Waals surface area contributed by atoms with Crippen molar-refractivity contribution in [3.8, 4) is 5.75 Å². The first-order chi connectivity index (χ1) is 9.99. The number of aliphatic hydroxyl groups excluding tert-OH is 2. The van der Waals surface area contributed by atoms with Crippen LogP contribution in [-0.2, 0) is 0 Å². The van der Waals surface area contributed by atoms with Crippen molar-refractivity contribution in [1.82, 2.24) is 4.98 Å². The second-order valence-corrected chi connectivity index (χ2v) is 6.17. The number of rotatable bonds is 0. The molecule has 3 aromatic rings. The van der Waals surface area contributed by atoms with E-state index < -0.39 is 17.8 Å². The van der Waals surface area contributed by atoms with Gasteiger partial charge in [0.2, 0.25) is 0 Å². The summed E-state index contributed by atoms with van der Waals surface area (Å²) in [5.41, 5.74) is 1.66. The lowest BCUT2D eigenvalue weighted by atomic mass is 9.87. The molecule has 21 heavy (non-hydrogen) atoms. The molecule has 2 aromatic carbocycles. The zero-order valence-corrected chi connectivity index (χ0v) is 11.9. The second-order valence-electron chi connectivity index (χ2n) is 6.17. The molecular formula is C17H17NO3. The third kappa shape index (κ3) is 1.63. The molecule has 0 saturated heterocycles. The number of hydrogen-bond acceptors (Lipinski definition) is 3. The Morgan fingerprint density at radius 1 is 1.05 bits per heavy atom. The SMILES string of the molecule is CC1(C)Oc2ccc3c([nH]c4ccccc43)c2[C@H](O)[C@@H]1O. The zero-order valence-electron chi connectivity index (χ0n) is 11.9. The number of aromatic amines is 1. The van der Waals surface area contributed by atoms with Crippen LogP contribution in [0, 0.1) is 0 Å². The minimum atomic E-state index is -0.972. The smallest absolute Gasteiger partial charge is 0.132 e. The number of aromatic nitrogens is 1. The Morgan fingerprint density at radius 2 is 1.81 bits per heavy atom. The lowest BCUT2D eigenvalue weighted by molar-refractivity contribution is -0.111. The highest BCUT2D eigenvalue weighted by Crippen LogP contribution is 2.44. The first-order valence-corrected chi connectivity index (χ1v) is 7.07. The van der Waals surface area contributed by atoms with Crippen molar-refractivity contribution in [3.63, 3.8) is 0 Å². The van der Waals surface area contributed by atoms with Gasteiger partial charge in [-0.3, -0.25) is 0 Å². The maximum Gasteiger partial charge on any atom is 0.132 e. The molecule has 0 unspecified atom stereocenters. The molecule has 0 aliphatic carbocycles. The van der Waals surface area contributed by atoms with E-state index >= 15 is 0 Å². The van der Waals surface area contributed by atoms with E-state index in [1.54, 1.807) is 13.8 Å². The van der Waals surface area contributed by atoms with Crippen molar-refractivity contribution in [1.29, 1.82) is 0 Å². The molecule has 4 rings (SSSR count). The fraction of sp³-hybridized carbons (Fsp3) is 0.294. The zero-order chi connectivity index (χ0) is 14.8. The Bertz CT molecular complexity index is 850. The molecule has 4 nitrogen and oxygen atoms in total. The molecular weight excluding hydrogens is 266 g/mol. The van der Waals surface area contributed by atoms with E-state index in [4.69, 9.17) is 4.74 Å². The highest BCUT2D eigenvalue weighted by Gasteiger charge is 2.43. The Hall–Kier alpha value is -2.04. The van der Waals surface area contributed by atoms with Crippen molar-refractivity contribution in [2.24, 2.45) is 0 Å². The van der Waals surface area contributed by atoms with E-state index in [1.165, 1.54) is 0 Å². The van der Waals surface area contributed by atoms with Crippen LogP contribution in [0.25, 0.3) is 21.8 Å². The van der Waals surface area contributed by atoms with E-state index in [0.717, 1.165) is 21.8 Å². The van der Waals surface area contributed by atoms with Gasteiger partial charge >= 0.3 is 0 Å². The minimum absolute atomic E-state index is 0.622. The van der Waals surface area contributed by atoms with E-state index in [9.17, 15) is 10.2 Å². The summed E-state index contributed by atoms with van der Waals surface area (Å²) >= 11 is 0. The Kier molecular flexibility index (Phi) is 2.41. The second kappa shape index (κ2) is 4.00. The summed E-state index contributed by atoms with van der Waals surface area (Å²) in [6.45, 7) is 3.55. The van der Waals surface area contributed by atoms with Crippen LogP contribution in [0.15, 0.2) is 36.4 Å². The molecule has 2 atom stereocenters. The van der Waals surface area contributed by atoms with Crippen molar-refractivity contribution in [3.05, 3.63) is 42.0 Å². The summed E-state index contributed by atoms with van der Waals surface area (Å²) in [5.74, 6) is 0.622. The summed E-state index contributed by atoms with van der Waals surface area (Å²) in [6.07, 6.45) is -1.94. The van der Waals surface area contributed by atoms with Gasteiger partial charge < -0.3 is 19.9 Å². The fourth-order valence-corrected chi connectivity index (χ4v) is 3.19. The van der Waals surface area contributed by atoms with E-state index in [2.05, 4.69) is 4.98 Å². The first-order valence-electron chi connectivity index (χ1n) is 7.07. The van der Waals surface area contributed by atoms with Gasteiger partial charge in [-0.2, -0.15) is 0 Å². The van der Waals surface area contributed by atoms with E-state index in [-0.39, 0.29) is 0 Å². The maximum atomic E-state index is 10.5. The number of aliphatic hydroxyl groups is 2. The number of hydrogen-bond donors (Lipinski definition) is 3. The molecule has 1 aromatic heterocycles. The molecule has 108 valence electrons. The van der Waals surface area contributed by atoms with Crippen molar-refractivity contribution < 1.29 is 14.9 Å². The Balaban J connectivity index is 2.07. The van der Waals surface area contributed by atoms with Crippen LogP contribution in [-0.4, -0.2) is 26.9 Å². The number of ether oxygens (including phenoxy) is 1. The molecule has 0 bridgehead atoms. The molecule has 2 heterocycles. The van der Waals surface area contributed by atoms with Crippen LogP contribution in [0.2, 0.25) is 0 Å². The molecule has 1 aliphatic rings. The Morgan fingerprint density at radius 3 is 2.62 bits per heavy atom. The third-order valence-electron chi connectivity index (χ3n) is 4.36. The lowest BCUT2D eigenvalue weighted by Gasteiger charge is -2.40. The highest BCUT2D eigenvalue weighted by molar-refractivity contribution is 6.08. The summed E-state index contributed by atoms with van der Waals surface area (Å²) in [5, 5.41) is 23.0. The predicted molar refractivity (Wildman–Crippen MR) is 81.5 cm³/mol. The molecule has 0 spiro atoms. The molecule has 3 N–H and O–H groups in total. The molecule has 0 fully saturated rings. The van der Waals surface area contributed by atoms with Gasteiger partial charge in [0.1, 0.15) is 23.6 Å². The molecule has 1 aliphatic heterocycles. The highest BCUT2D eigenvalue weighted by atomic mass is 16.5. The predicted octanol–water partition coefficient (Wildman–Crippen LogP) is 2.89. The van der Waals surface area contributed by atoms with Crippen molar-refractivity contribution in [2.75, 3.05) is 0 Å². The van der Waals surface area contributed by atoms with Gasteiger partial charge in [0.15, 0.2) is 0 Å². The quantitative estimate of drug-likeness (QED) is 0.594. The Labute approximate surface area is 122 Å². The summed E-state index contributed by atoms with van der Waals surface area (Å²) in [4.78, 5) is 3.33. The molecule has 0 amide bonds. The topological polar surface area (TPSA) is 65.5 Å². The van der Waals surface area contributed by atoms with Gasteiger partial charge in [-0.1, -0.05) is 18.2 Å². The van der Waals surface area contributed by atoms with Crippen LogP contribution in [0.4, 0.5) is 0 Å². The third-order valence-corrected chi connectivity index (χ3v) is 4.36. The van der Waals surface area contributed by atoms with Crippen LogP contribution >= 0.6 is 0 Å². The number of H-pyrrole nitrogens is 1. The van der Waals surface area contributed by atoms with Gasteiger partial charge in [-0.25, -0.2) is 0 Å². The van der Waals surface area contributed by atoms with Crippen LogP contribution in [0.3, 0.4) is 0 Å². The van der Waals surface area contributed by atoms with Crippen LogP contribution in [0.5, 0.6) is 5.75 Å². The minimum Gasteiger partial charge on any atom is -0.485 e. The van der Waals surface area contributed by atoms with Crippen molar-refractivity contribution in [2.45, 2.75) is 31.7 Å². The van der Waals surface area contributed by atoms with Crippen LogP contribution in [0.1, 0.15) is 25.5 Å². The molecule has 0 saturated carbocycles. The average Bonchev–Trinajstić information content (AvgIpc) is 2.82. The van der Waals surface area contributed by atoms with Gasteiger partial charge in [0.25, 0.3) is 0 Å². The number of fused-ring (bicyclic) bond motifs is 5. The van der Waals surface area contributed by atoms with Gasteiger partial charge in [0.05, 0.1) is 5.52 Å². The average molecular weight is 283 g/mol. The largest absolute Gasteiger partial charge is 0.485 e. The van der Waals surface area contributed by atoms with Crippen LogP contribution < -0.4 is 4.74 Å². The van der Waals surface area contributed by atoms with Gasteiger partial charge in [0, 0.05) is 21.9 Å². The van der Waals surface area contributed by atoms with Gasteiger partial charge in [-0.05, 0) is 32.0 Å². The lowest BCUT2D eigenvalue weighted by Crippen LogP contribution is -2.48. The number of para-hydroxylation sites is 1. The fourth-order valence-electron chi connectivity index (χ4n) is 3.19. The summed E-state index contributed by atoms with van der Waals surface area (Å²) in [6, 6.07) is 11.9. The number of benzene rings is 2. The van der Waals surface area contributed by atoms with Crippen molar-refractivity contribution >= 4 is 21.8 Å². The molecule has 4 heteroatoms. The normalized spacial score (nSPS) is 24.0. The van der Waals surface area contributed by atoms with E-state index in [1.807, 2.05) is 36.4 Å². The van der Waals surface area contributed by atoms with Gasteiger partial charge in [-0.15, -0.1) is 0 Å².